The van der Waals surface area contributed by atoms with E-state index in [-0.39, 0.29) is 5.91 Å². The molecule has 106 valence electrons. The van der Waals surface area contributed by atoms with E-state index in [1.165, 1.54) is 12.8 Å². The maximum absolute atomic E-state index is 12.6. The second-order valence-electron chi connectivity index (χ2n) is 5.20. The molecule has 2 N–H and O–H groups in total. The van der Waals surface area contributed by atoms with E-state index in [4.69, 9.17) is 10.2 Å². The molecule has 0 spiro atoms. The highest BCUT2D eigenvalue weighted by atomic mass is 16.4. The van der Waals surface area contributed by atoms with Gasteiger partial charge in [0.2, 0.25) is 0 Å². The highest BCUT2D eigenvalue weighted by Crippen LogP contribution is 2.25. The zero-order valence-electron chi connectivity index (χ0n) is 11.7. The average molecular weight is 264 g/mol. The molecule has 1 aromatic heterocycles. The van der Waals surface area contributed by atoms with Crippen LogP contribution in [0.1, 0.15) is 55.3 Å². The van der Waals surface area contributed by atoms with Gasteiger partial charge in [0.25, 0.3) is 5.91 Å². The predicted octanol–water partition coefficient (Wildman–Crippen LogP) is 2.58. The summed E-state index contributed by atoms with van der Waals surface area (Å²) in [6, 6.07) is 4.06. The van der Waals surface area contributed by atoms with E-state index in [0.29, 0.717) is 18.3 Å². The van der Waals surface area contributed by atoms with E-state index in [2.05, 4.69) is 0 Å². The molecule has 1 fully saturated rings. The second-order valence-corrected chi connectivity index (χ2v) is 5.20. The van der Waals surface area contributed by atoms with Crippen LogP contribution in [0.15, 0.2) is 16.5 Å². The molecule has 0 unspecified atom stereocenters. The van der Waals surface area contributed by atoms with Crippen LogP contribution in [0.4, 0.5) is 0 Å². The summed E-state index contributed by atoms with van der Waals surface area (Å²) in [5, 5.41) is 0. The van der Waals surface area contributed by atoms with Crippen molar-refractivity contribution in [2.75, 3.05) is 13.1 Å². The highest BCUT2D eigenvalue weighted by Gasteiger charge is 2.28. The van der Waals surface area contributed by atoms with Gasteiger partial charge in [-0.25, -0.2) is 0 Å². The van der Waals surface area contributed by atoms with Gasteiger partial charge in [-0.2, -0.15) is 0 Å². The van der Waals surface area contributed by atoms with Gasteiger partial charge in [-0.15, -0.1) is 0 Å². The van der Waals surface area contributed by atoms with E-state index in [0.717, 1.165) is 38.0 Å². The van der Waals surface area contributed by atoms with E-state index in [1.807, 2.05) is 17.9 Å². The predicted molar refractivity (Wildman–Crippen MR) is 75.0 cm³/mol. The molecule has 1 aromatic rings. The molecule has 4 nitrogen and oxygen atoms in total. The molecular formula is C15H24N2O2. The fourth-order valence-corrected chi connectivity index (χ4v) is 2.75. The summed E-state index contributed by atoms with van der Waals surface area (Å²) in [4.78, 5) is 14.5. The van der Waals surface area contributed by atoms with Gasteiger partial charge in [-0.05, 0) is 37.9 Å². The number of nitrogens with zero attached hydrogens (tertiary/aromatic N) is 1. The topological polar surface area (TPSA) is 59.5 Å². The molecule has 0 bridgehead atoms. The lowest BCUT2D eigenvalue weighted by Gasteiger charge is -2.28. The van der Waals surface area contributed by atoms with E-state index in [9.17, 15) is 4.79 Å². The van der Waals surface area contributed by atoms with E-state index < -0.39 is 0 Å². The maximum Gasteiger partial charge on any atom is 0.289 e. The van der Waals surface area contributed by atoms with Crippen LogP contribution in [0.2, 0.25) is 0 Å². The molecule has 4 heteroatoms. The van der Waals surface area contributed by atoms with Crippen LogP contribution < -0.4 is 5.73 Å². The van der Waals surface area contributed by atoms with Crippen molar-refractivity contribution in [2.24, 2.45) is 5.73 Å². The van der Waals surface area contributed by atoms with Crippen molar-refractivity contribution in [3.05, 3.63) is 23.7 Å². The summed E-state index contributed by atoms with van der Waals surface area (Å²) < 4.78 is 5.59. The van der Waals surface area contributed by atoms with Crippen LogP contribution in [0.25, 0.3) is 0 Å². The third kappa shape index (κ3) is 3.38. The van der Waals surface area contributed by atoms with Gasteiger partial charge in [0.15, 0.2) is 5.76 Å². The molecule has 0 aromatic carbocycles. The summed E-state index contributed by atoms with van der Waals surface area (Å²) in [5.74, 6) is 1.37. The minimum atomic E-state index is 0.0278. The molecule has 2 rings (SSSR count). The molecule has 1 amide bonds. The molecule has 0 atom stereocenters. The summed E-state index contributed by atoms with van der Waals surface area (Å²) in [6.45, 7) is 3.38. The number of hydrogen-bond acceptors (Lipinski definition) is 3. The summed E-state index contributed by atoms with van der Waals surface area (Å²) in [5.41, 5.74) is 5.58. The number of hydrogen-bond donors (Lipinski definition) is 1. The van der Waals surface area contributed by atoms with Gasteiger partial charge >= 0.3 is 0 Å². The van der Waals surface area contributed by atoms with Gasteiger partial charge in [-0.3, -0.25) is 4.79 Å². The Morgan fingerprint density at radius 3 is 2.74 bits per heavy atom. The quantitative estimate of drug-likeness (QED) is 0.859. The first-order valence-electron chi connectivity index (χ1n) is 7.36. The Hall–Kier alpha value is -1.29. The average Bonchev–Trinajstić information content (AvgIpc) is 3.10. The summed E-state index contributed by atoms with van der Waals surface area (Å²) >= 11 is 0. The first kappa shape index (κ1) is 14.1. The third-order valence-corrected chi connectivity index (χ3v) is 3.85. The Morgan fingerprint density at radius 1 is 1.42 bits per heavy atom. The lowest BCUT2D eigenvalue weighted by Crippen LogP contribution is -2.40. The first-order valence-corrected chi connectivity index (χ1v) is 7.36. The van der Waals surface area contributed by atoms with Crippen LogP contribution in [-0.4, -0.2) is 29.9 Å². The Bertz CT molecular complexity index is 408. The minimum absolute atomic E-state index is 0.0278. The van der Waals surface area contributed by atoms with Gasteiger partial charge < -0.3 is 15.1 Å². The first-order chi connectivity index (χ1) is 9.26. The SMILES string of the molecule is CCc1ccc(C(=O)N(CCCN)C2CCCC2)o1. The van der Waals surface area contributed by atoms with Crippen molar-refractivity contribution >= 4 is 5.91 Å². The number of nitrogens with two attached hydrogens (primary N) is 1. The van der Waals surface area contributed by atoms with E-state index in [1.54, 1.807) is 6.07 Å². The monoisotopic (exact) mass is 264 g/mol. The highest BCUT2D eigenvalue weighted by molar-refractivity contribution is 5.91. The minimum Gasteiger partial charge on any atom is -0.456 e. The third-order valence-electron chi connectivity index (χ3n) is 3.85. The van der Waals surface area contributed by atoms with Gasteiger partial charge in [0, 0.05) is 19.0 Å². The van der Waals surface area contributed by atoms with Crippen LogP contribution >= 0.6 is 0 Å². The largest absolute Gasteiger partial charge is 0.456 e. The lowest BCUT2D eigenvalue weighted by molar-refractivity contribution is 0.0646. The zero-order chi connectivity index (χ0) is 13.7. The number of aryl methyl sites for hydroxylation is 1. The Morgan fingerprint density at radius 2 is 2.16 bits per heavy atom. The molecule has 0 radical (unpaired) electrons. The normalized spacial score (nSPS) is 15.9. The van der Waals surface area contributed by atoms with Gasteiger partial charge in [-0.1, -0.05) is 19.8 Å². The number of amides is 1. The standard InChI is InChI=1S/C15H24N2O2/c1-2-13-8-9-14(19-13)15(18)17(11-5-10-16)12-6-3-4-7-12/h8-9,12H,2-7,10-11,16H2,1H3. The lowest BCUT2D eigenvalue weighted by atomic mass is 10.2. The van der Waals surface area contributed by atoms with Crippen molar-refractivity contribution in [3.8, 4) is 0 Å². The molecule has 1 aliphatic carbocycles. The number of rotatable bonds is 6. The Balaban J connectivity index is 2.09. The maximum atomic E-state index is 12.6. The molecular weight excluding hydrogens is 240 g/mol. The van der Waals surface area contributed by atoms with E-state index >= 15 is 0 Å². The van der Waals surface area contributed by atoms with Gasteiger partial charge in [0.05, 0.1) is 0 Å². The smallest absolute Gasteiger partial charge is 0.289 e. The van der Waals surface area contributed by atoms with Crippen LogP contribution in [-0.2, 0) is 6.42 Å². The van der Waals surface area contributed by atoms with Crippen molar-refractivity contribution in [2.45, 2.75) is 51.5 Å². The Kier molecular flexibility index (Phi) is 5.02. The van der Waals surface area contributed by atoms with Crippen LogP contribution in [0, 0.1) is 0 Å². The van der Waals surface area contributed by atoms with Crippen molar-refractivity contribution in [3.63, 3.8) is 0 Å². The molecule has 1 heterocycles. The fraction of sp³-hybridized carbons (Fsp3) is 0.667. The van der Waals surface area contributed by atoms with Crippen LogP contribution in [0.3, 0.4) is 0 Å². The fourth-order valence-electron chi connectivity index (χ4n) is 2.75. The Labute approximate surface area is 114 Å². The zero-order valence-corrected chi connectivity index (χ0v) is 11.7. The number of carbonyl (C=O) groups excluding carboxylic acids is 1. The summed E-state index contributed by atoms with van der Waals surface area (Å²) in [6.07, 6.45) is 6.32. The molecule has 1 aliphatic rings. The summed E-state index contributed by atoms with van der Waals surface area (Å²) in [7, 11) is 0. The second kappa shape index (κ2) is 6.75. The molecule has 0 saturated heterocycles. The number of furan rings is 1. The molecule has 1 saturated carbocycles. The molecule has 0 aliphatic heterocycles. The molecule has 19 heavy (non-hydrogen) atoms. The van der Waals surface area contributed by atoms with Crippen LogP contribution in [0.5, 0.6) is 0 Å². The number of carbonyl (C=O) groups is 1. The van der Waals surface area contributed by atoms with Crippen molar-refractivity contribution in [1.29, 1.82) is 0 Å². The van der Waals surface area contributed by atoms with Crippen molar-refractivity contribution in [1.82, 2.24) is 4.90 Å². The van der Waals surface area contributed by atoms with Crippen molar-refractivity contribution < 1.29 is 9.21 Å². The van der Waals surface area contributed by atoms with Gasteiger partial charge in [0.1, 0.15) is 5.76 Å².